The van der Waals surface area contributed by atoms with Crippen molar-refractivity contribution in [3.05, 3.63) is 32.6 Å². The summed E-state index contributed by atoms with van der Waals surface area (Å²) >= 11 is 0. The average molecular weight is 340 g/mol. The standard InChI is InChI=1S/C10H17N2O9P/c1-20-8(2-7(14)5-21-22(17,18)19)12-3-6(4-13)9(15)11-10(12)16/h3,7-8,13-14H,2,4-5H2,1H3,(H,11,15,16)(H2,17,18,19)/t7-,8?/m0/s1. The Labute approximate surface area is 124 Å². The first kappa shape index (κ1) is 18.7. The molecule has 1 aromatic rings. The van der Waals surface area contributed by atoms with Gasteiger partial charge in [0.25, 0.3) is 5.56 Å². The van der Waals surface area contributed by atoms with Crippen molar-refractivity contribution >= 4 is 7.82 Å². The van der Waals surface area contributed by atoms with Crippen molar-refractivity contribution in [3.8, 4) is 0 Å². The maximum absolute atomic E-state index is 11.7. The Balaban J connectivity index is 2.90. The molecule has 0 aliphatic carbocycles. The second-order valence-electron chi connectivity index (χ2n) is 4.35. The highest BCUT2D eigenvalue weighted by Crippen LogP contribution is 2.36. The lowest BCUT2D eigenvalue weighted by atomic mass is 10.2. The van der Waals surface area contributed by atoms with Gasteiger partial charge in [-0.15, -0.1) is 0 Å². The quantitative estimate of drug-likeness (QED) is 0.337. The molecule has 0 aliphatic heterocycles. The maximum Gasteiger partial charge on any atom is 0.469 e. The lowest BCUT2D eigenvalue weighted by Crippen LogP contribution is -2.36. The van der Waals surface area contributed by atoms with Crippen molar-refractivity contribution < 1.29 is 33.8 Å². The van der Waals surface area contributed by atoms with Gasteiger partial charge >= 0.3 is 13.5 Å². The van der Waals surface area contributed by atoms with Crippen molar-refractivity contribution in [1.29, 1.82) is 0 Å². The molecule has 1 aromatic heterocycles. The minimum Gasteiger partial charge on any atom is -0.391 e. The fourth-order valence-electron chi connectivity index (χ4n) is 1.66. The molecule has 0 fully saturated rings. The molecular formula is C10H17N2O9P. The van der Waals surface area contributed by atoms with Gasteiger partial charge in [0.15, 0.2) is 0 Å². The number of nitrogens with one attached hydrogen (secondary N) is 1. The molecule has 0 aliphatic rings. The van der Waals surface area contributed by atoms with Gasteiger partial charge in [-0.2, -0.15) is 0 Å². The molecule has 2 atom stereocenters. The minimum absolute atomic E-state index is 0.0809. The zero-order valence-corrected chi connectivity index (χ0v) is 12.5. The van der Waals surface area contributed by atoms with Crippen molar-refractivity contribution in [1.82, 2.24) is 9.55 Å². The number of nitrogens with zero attached hydrogens (tertiary/aromatic N) is 1. The molecule has 1 rings (SSSR count). The van der Waals surface area contributed by atoms with Crippen LogP contribution in [-0.2, 0) is 20.4 Å². The molecule has 0 radical (unpaired) electrons. The highest BCUT2D eigenvalue weighted by atomic mass is 31.2. The molecular weight excluding hydrogens is 323 g/mol. The number of aromatic amines is 1. The summed E-state index contributed by atoms with van der Waals surface area (Å²) in [6, 6.07) is 0. The van der Waals surface area contributed by atoms with Crippen molar-refractivity contribution in [2.75, 3.05) is 13.7 Å². The lowest BCUT2D eigenvalue weighted by Gasteiger charge is -2.21. The van der Waals surface area contributed by atoms with Crippen LogP contribution in [0.2, 0.25) is 0 Å². The molecule has 22 heavy (non-hydrogen) atoms. The summed E-state index contributed by atoms with van der Waals surface area (Å²) in [5.74, 6) is 0. The van der Waals surface area contributed by atoms with E-state index in [1.807, 2.05) is 4.98 Å². The number of hydrogen-bond acceptors (Lipinski definition) is 7. The number of H-pyrrole nitrogens is 1. The van der Waals surface area contributed by atoms with E-state index < -0.39 is 44.6 Å². The van der Waals surface area contributed by atoms with Gasteiger partial charge in [0.05, 0.1) is 24.9 Å². The van der Waals surface area contributed by atoms with Crippen LogP contribution in [0.15, 0.2) is 15.8 Å². The van der Waals surface area contributed by atoms with Crippen molar-refractivity contribution in [2.45, 2.75) is 25.4 Å². The summed E-state index contributed by atoms with van der Waals surface area (Å²) < 4.78 is 20.6. The summed E-state index contributed by atoms with van der Waals surface area (Å²) in [5.41, 5.74) is -1.65. The Bertz CT molecular complexity index is 649. The highest BCUT2D eigenvalue weighted by molar-refractivity contribution is 7.46. The van der Waals surface area contributed by atoms with E-state index in [1.165, 1.54) is 7.11 Å². The number of hydrogen-bond donors (Lipinski definition) is 5. The van der Waals surface area contributed by atoms with Gasteiger partial charge in [-0.3, -0.25) is 18.9 Å². The van der Waals surface area contributed by atoms with E-state index >= 15 is 0 Å². The number of aliphatic hydroxyl groups excluding tert-OH is 2. The average Bonchev–Trinajstić information content (AvgIpc) is 2.42. The third-order valence-electron chi connectivity index (χ3n) is 2.70. The molecule has 126 valence electrons. The summed E-state index contributed by atoms with van der Waals surface area (Å²) in [6.07, 6.45) is -1.54. The van der Waals surface area contributed by atoms with E-state index in [2.05, 4.69) is 4.52 Å². The van der Waals surface area contributed by atoms with Crippen LogP contribution >= 0.6 is 7.82 Å². The van der Waals surface area contributed by atoms with Gasteiger partial charge in [-0.1, -0.05) is 0 Å². The molecule has 12 heteroatoms. The zero-order chi connectivity index (χ0) is 16.9. The van der Waals surface area contributed by atoms with Gasteiger partial charge in [0, 0.05) is 19.7 Å². The predicted octanol–water partition coefficient (Wildman–Crippen LogP) is -1.97. The molecule has 0 saturated carbocycles. The van der Waals surface area contributed by atoms with Crippen LogP contribution in [-0.4, -0.2) is 49.4 Å². The number of phosphoric ester groups is 1. The van der Waals surface area contributed by atoms with E-state index in [0.717, 1.165) is 10.8 Å². The van der Waals surface area contributed by atoms with Gasteiger partial charge in [0.2, 0.25) is 0 Å². The smallest absolute Gasteiger partial charge is 0.391 e. The fraction of sp³-hybridized carbons (Fsp3) is 0.600. The van der Waals surface area contributed by atoms with Gasteiger partial charge in [0.1, 0.15) is 6.23 Å². The molecule has 1 heterocycles. The third-order valence-corrected chi connectivity index (χ3v) is 3.19. The van der Waals surface area contributed by atoms with E-state index in [0.29, 0.717) is 0 Å². The summed E-state index contributed by atoms with van der Waals surface area (Å²) in [4.78, 5) is 42.1. The summed E-state index contributed by atoms with van der Waals surface area (Å²) in [7, 11) is -3.49. The zero-order valence-electron chi connectivity index (χ0n) is 11.6. The molecule has 0 aromatic carbocycles. The number of aliphatic hydroxyl groups is 2. The molecule has 0 bridgehead atoms. The van der Waals surface area contributed by atoms with Crippen LogP contribution in [0.1, 0.15) is 18.2 Å². The number of aromatic nitrogens is 2. The van der Waals surface area contributed by atoms with Crippen LogP contribution in [0.4, 0.5) is 0 Å². The Kier molecular flexibility index (Phi) is 6.63. The molecule has 0 saturated heterocycles. The van der Waals surface area contributed by atoms with Gasteiger partial charge < -0.3 is 24.7 Å². The van der Waals surface area contributed by atoms with E-state index in [4.69, 9.17) is 19.6 Å². The van der Waals surface area contributed by atoms with Crippen LogP contribution in [0.25, 0.3) is 0 Å². The van der Waals surface area contributed by atoms with Crippen LogP contribution < -0.4 is 11.2 Å². The maximum atomic E-state index is 11.7. The van der Waals surface area contributed by atoms with Crippen molar-refractivity contribution in [3.63, 3.8) is 0 Å². The van der Waals surface area contributed by atoms with E-state index in [9.17, 15) is 19.3 Å². The number of rotatable bonds is 8. The topological polar surface area (TPSA) is 171 Å². The van der Waals surface area contributed by atoms with Crippen LogP contribution in [0.5, 0.6) is 0 Å². The van der Waals surface area contributed by atoms with Crippen LogP contribution in [0.3, 0.4) is 0 Å². The second-order valence-corrected chi connectivity index (χ2v) is 5.58. The number of ether oxygens (including phenoxy) is 1. The highest BCUT2D eigenvalue weighted by Gasteiger charge is 2.22. The Hall–Kier alpha value is -1.33. The summed E-state index contributed by atoms with van der Waals surface area (Å²) in [6.45, 7) is -1.27. The minimum atomic E-state index is -4.72. The van der Waals surface area contributed by atoms with E-state index in [-0.39, 0.29) is 12.0 Å². The fourth-order valence-corrected chi connectivity index (χ4v) is 2.03. The Morgan fingerprint density at radius 3 is 2.55 bits per heavy atom. The Morgan fingerprint density at radius 1 is 1.41 bits per heavy atom. The first-order valence-corrected chi connectivity index (χ1v) is 7.57. The SMILES string of the molecule is COC(C[C@H](O)COP(=O)(O)O)n1cc(CO)c(=O)[nH]c1=O. The molecule has 5 N–H and O–H groups in total. The van der Waals surface area contributed by atoms with Gasteiger partial charge in [-0.05, 0) is 0 Å². The first-order valence-electron chi connectivity index (χ1n) is 6.04. The second kappa shape index (κ2) is 7.79. The molecule has 0 spiro atoms. The molecule has 1 unspecified atom stereocenters. The summed E-state index contributed by atoms with van der Waals surface area (Å²) in [5, 5.41) is 18.7. The van der Waals surface area contributed by atoms with Gasteiger partial charge in [-0.25, -0.2) is 9.36 Å². The molecule has 11 nitrogen and oxygen atoms in total. The van der Waals surface area contributed by atoms with E-state index in [1.54, 1.807) is 0 Å². The number of phosphoric acid groups is 1. The monoisotopic (exact) mass is 340 g/mol. The first-order chi connectivity index (χ1) is 10.2. The number of methoxy groups -OCH3 is 1. The lowest BCUT2D eigenvalue weighted by molar-refractivity contribution is -0.0189. The van der Waals surface area contributed by atoms with Crippen molar-refractivity contribution in [2.24, 2.45) is 0 Å². The normalized spacial score (nSPS) is 14.8. The third kappa shape index (κ3) is 5.46. The molecule has 0 amide bonds. The Morgan fingerprint density at radius 2 is 2.05 bits per heavy atom. The predicted molar refractivity (Wildman–Crippen MR) is 71.9 cm³/mol. The largest absolute Gasteiger partial charge is 0.469 e. The van der Waals surface area contributed by atoms with Crippen LogP contribution in [0, 0.1) is 0 Å².